The highest BCUT2D eigenvalue weighted by Crippen LogP contribution is 2.33. The molecule has 176 valence electrons. The van der Waals surface area contributed by atoms with Gasteiger partial charge in [-0.3, -0.25) is 9.36 Å². The van der Waals surface area contributed by atoms with Gasteiger partial charge in [-0.2, -0.15) is 4.98 Å². The molecule has 1 aliphatic heterocycles. The zero-order chi connectivity index (χ0) is 24.3. The number of amides is 1. The van der Waals surface area contributed by atoms with Crippen LogP contribution < -0.4 is 10.9 Å². The predicted octanol–water partition coefficient (Wildman–Crippen LogP) is 5.64. The molecule has 1 aromatic heterocycles. The highest BCUT2D eigenvalue weighted by atomic mass is 16.6. The average molecular weight is 450 g/mol. The minimum atomic E-state index is -0.497. The van der Waals surface area contributed by atoms with Gasteiger partial charge in [0.15, 0.2) is 0 Å². The first kappa shape index (κ1) is 24.5. The Morgan fingerprint density at radius 3 is 2.64 bits per heavy atom. The van der Waals surface area contributed by atoms with Crippen molar-refractivity contribution in [2.24, 2.45) is 0 Å². The van der Waals surface area contributed by atoms with Crippen molar-refractivity contribution in [3.8, 4) is 5.69 Å². The van der Waals surface area contributed by atoms with Gasteiger partial charge >= 0.3 is 6.09 Å². The van der Waals surface area contributed by atoms with Crippen molar-refractivity contribution in [2.75, 3.05) is 6.54 Å². The maximum Gasteiger partial charge on any atom is 0.407 e. The molecule has 2 aromatic carbocycles. The number of ether oxygens (including phenoxy) is 1. The smallest absolute Gasteiger partial charge is 0.407 e. The number of nitrogens with zero attached hydrogens (tertiary/aromatic N) is 2. The van der Waals surface area contributed by atoms with E-state index in [0.717, 1.165) is 29.0 Å². The van der Waals surface area contributed by atoms with Crippen LogP contribution in [-0.2, 0) is 11.2 Å². The molecular formula is C27H35N3O3. The lowest BCUT2D eigenvalue weighted by molar-refractivity contribution is 0.0526. The lowest BCUT2D eigenvalue weighted by atomic mass is 9.95. The Hall–Kier alpha value is -3.15. The Morgan fingerprint density at radius 1 is 1.21 bits per heavy atom. The van der Waals surface area contributed by atoms with E-state index in [0.29, 0.717) is 18.4 Å². The molecular weight excluding hydrogens is 414 g/mol. The Bertz CT molecular complexity index is 1220. The van der Waals surface area contributed by atoms with Crippen molar-refractivity contribution in [1.82, 2.24) is 14.9 Å². The van der Waals surface area contributed by atoms with Crippen molar-refractivity contribution in [2.45, 2.75) is 72.8 Å². The van der Waals surface area contributed by atoms with Crippen molar-refractivity contribution in [3.63, 3.8) is 0 Å². The van der Waals surface area contributed by atoms with Crippen LogP contribution in [0, 0.1) is 6.92 Å². The van der Waals surface area contributed by atoms with Crippen LogP contribution in [0.15, 0.2) is 41.2 Å². The molecule has 1 amide bonds. The molecule has 1 unspecified atom stereocenters. The summed E-state index contributed by atoms with van der Waals surface area (Å²) in [6.07, 6.45) is 1.07. The highest BCUT2D eigenvalue weighted by Gasteiger charge is 2.23. The number of carbonyl (C=O) groups excluding carboxylic acids is 1. The van der Waals surface area contributed by atoms with Crippen LogP contribution in [0.5, 0.6) is 0 Å². The van der Waals surface area contributed by atoms with Gasteiger partial charge in [0.2, 0.25) is 0 Å². The summed E-state index contributed by atoms with van der Waals surface area (Å²) in [4.78, 5) is 28.8. The summed E-state index contributed by atoms with van der Waals surface area (Å²) in [7, 11) is 0. The van der Waals surface area contributed by atoms with Gasteiger partial charge in [-0.05, 0) is 68.9 Å². The molecule has 0 saturated carbocycles. The molecule has 2 heterocycles. The van der Waals surface area contributed by atoms with Gasteiger partial charge in [-0.25, -0.2) is 4.79 Å². The van der Waals surface area contributed by atoms with Crippen LogP contribution in [0.2, 0.25) is 0 Å². The zero-order valence-electron chi connectivity index (χ0n) is 20.8. The fourth-order valence-electron chi connectivity index (χ4n) is 4.18. The third-order valence-electron chi connectivity index (χ3n) is 5.70. The quantitative estimate of drug-likeness (QED) is 0.437. The van der Waals surface area contributed by atoms with Crippen LogP contribution >= 0.6 is 0 Å². The van der Waals surface area contributed by atoms with Crippen molar-refractivity contribution < 1.29 is 9.53 Å². The molecule has 0 bridgehead atoms. The van der Waals surface area contributed by atoms with Crippen LogP contribution in [0.3, 0.4) is 0 Å². The van der Waals surface area contributed by atoms with Gasteiger partial charge in [-0.15, -0.1) is 0 Å². The first-order valence-electron chi connectivity index (χ1n) is 11.8. The number of benzene rings is 2. The SMILES string of the molecule is CC.Cc1cccc2c1c(=O)nc1n2-c2ccc(C(C)CCNC(=O)OC(C)(C)C)cc2C1. The standard InChI is InChI=1S/C25H29N3O3.C2H6/c1-15(11-12-26-24(30)31-25(3,4)5)17-9-10-19-18(13-17)14-21-27-23(29)22-16(2)7-6-8-20(22)28(19)21;1-2/h6-10,13,15H,11-12,14H2,1-5H3,(H,26,30);1-2H3. The molecule has 3 aromatic rings. The second kappa shape index (κ2) is 9.77. The van der Waals surface area contributed by atoms with E-state index in [2.05, 4.69) is 40.0 Å². The Balaban J connectivity index is 0.00000149. The van der Waals surface area contributed by atoms with Gasteiger partial charge in [0.1, 0.15) is 11.4 Å². The molecule has 6 heteroatoms. The summed E-state index contributed by atoms with van der Waals surface area (Å²) in [5.74, 6) is 1.06. The van der Waals surface area contributed by atoms with E-state index in [9.17, 15) is 9.59 Å². The topological polar surface area (TPSA) is 73.2 Å². The predicted molar refractivity (Wildman–Crippen MR) is 133 cm³/mol. The molecule has 4 rings (SSSR count). The van der Waals surface area contributed by atoms with Crippen LogP contribution in [0.25, 0.3) is 16.6 Å². The first-order valence-corrected chi connectivity index (χ1v) is 11.8. The van der Waals surface area contributed by atoms with Crippen LogP contribution in [0.4, 0.5) is 4.79 Å². The first-order chi connectivity index (χ1) is 15.6. The summed E-state index contributed by atoms with van der Waals surface area (Å²) in [5.41, 5.74) is 4.67. The van der Waals surface area contributed by atoms with E-state index in [4.69, 9.17) is 4.74 Å². The molecule has 33 heavy (non-hydrogen) atoms. The third-order valence-corrected chi connectivity index (χ3v) is 5.70. The van der Waals surface area contributed by atoms with E-state index in [-0.39, 0.29) is 17.6 Å². The number of alkyl carbamates (subject to hydrolysis) is 1. The minimum absolute atomic E-state index is 0.158. The monoisotopic (exact) mass is 449 g/mol. The number of rotatable bonds is 4. The largest absolute Gasteiger partial charge is 0.444 e. The van der Waals surface area contributed by atoms with E-state index < -0.39 is 5.60 Å². The molecule has 1 atom stereocenters. The van der Waals surface area contributed by atoms with Crippen molar-refractivity contribution in [1.29, 1.82) is 0 Å². The molecule has 0 fully saturated rings. The van der Waals surface area contributed by atoms with Gasteiger partial charge in [0.05, 0.1) is 16.6 Å². The Morgan fingerprint density at radius 2 is 1.94 bits per heavy atom. The molecule has 0 radical (unpaired) electrons. The van der Waals surface area contributed by atoms with Gasteiger partial charge < -0.3 is 10.1 Å². The minimum Gasteiger partial charge on any atom is -0.444 e. The lowest BCUT2D eigenvalue weighted by Gasteiger charge is -2.20. The number of aryl methyl sites for hydroxylation is 1. The number of carbonyl (C=O) groups is 1. The van der Waals surface area contributed by atoms with Crippen molar-refractivity contribution in [3.05, 3.63) is 69.3 Å². The number of aromatic nitrogens is 2. The molecule has 0 aliphatic carbocycles. The number of fused-ring (bicyclic) bond motifs is 5. The fourth-order valence-corrected chi connectivity index (χ4v) is 4.18. The van der Waals surface area contributed by atoms with E-state index in [1.165, 1.54) is 11.1 Å². The second-order valence-electron chi connectivity index (χ2n) is 9.32. The zero-order valence-corrected chi connectivity index (χ0v) is 20.8. The van der Waals surface area contributed by atoms with E-state index >= 15 is 0 Å². The highest BCUT2D eigenvalue weighted by molar-refractivity contribution is 5.84. The van der Waals surface area contributed by atoms with E-state index in [1.54, 1.807) is 0 Å². The summed E-state index contributed by atoms with van der Waals surface area (Å²) in [6, 6.07) is 12.4. The average Bonchev–Trinajstić information content (AvgIpc) is 3.11. The number of hydrogen-bond acceptors (Lipinski definition) is 4. The molecule has 1 aliphatic rings. The normalized spacial score (nSPS) is 12.9. The maximum atomic E-state index is 12.6. The summed E-state index contributed by atoms with van der Waals surface area (Å²) in [6.45, 7) is 14.2. The summed E-state index contributed by atoms with van der Waals surface area (Å²) < 4.78 is 7.40. The maximum absolute atomic E-state index is 12.6. The number of hydrogen-bond donors (Lipinski definition) is 1. The summed E-state index contributed by atoms with van der Waals surface area (Å²) >= 11 is 0. The fraction of sp³-hybridized carbons (Fsp3) is 0.444. The second-order valence-corrected chi connectivity index (χ2v) is 9.32. The third kappa shape index (κ3) is 5.27. The van der Waals surface area contributed by atoms with Gasteiger partial charge in [0, 0.05) is 13.0 Å². The van der Waals surface area contributed by atoms with E-state index in [1.807, 2.05) is 59.7 Å². The Labute approximate surface area is 196 Å². The number of nitrogens with one attached hydrogen (secondary N) is 1. The van der Waals surface area contributed by atoms with Crippen LogP contribution in [-0.4, -0.2) is 27.8 Å². The van der Waals surface area contributed by atoms with Crippen molar-refractivity contribution >= 4 is 17.0 Å². The molecule has 0 spiro atoms. The van der Waals surface area contributed by atoms with Crippen LogP contribution in [0.1, 0.15) is 76.4 Å². The van der Waals surface area contributed by atoms with Gasteiger partial charge in [-0.1, -0.05) is 45.0 Å². The molecule has 1 N–H and O–H groups in total. The lowest BCUT2D eigenvalue weighted by Crippen LogP contribution is -2.33. The van der Waals surface area contributed by atoms with Gasteiger partial charge in [0.25, 0.3) is 5.56 Å². The molecule has 6 nitrogen and oxygen atoms in total. The Kier molecular flexibility index (Phi) is 7.25. The molecule has 0 saturated heterocycles. The summed E-state index contributed by atoms with van der Waals surface area (Å²) in [5, 5.41) is 3.51.